The summed E-state index contributed by atoms with van der Waals surface area (Å²) in [4.78, 5) is 35.2. The summed E-state index contributed by atoms with van der Waals surface area (Å²) >= 11 is 0. The van der Waals surface area contributed by atoms with Crippen LogP contribution in [0.2, 0.25) is 0 Å². The van der Waals surface area contributed by atoms with Crippen molar-refractivity contribution in [2.75, 3.05) is 13.1 Å². The van der Waals surface area contributed by atoms with E-state index >= 15 is 0 Å². The average Bonchev–Trinajstić information content (AvgIpc) is 2.22. The zero-order valence-electron chi connectivity index (χ0n) is 11.8. The first-order valence-corrected chi connectivity index (χ1v) is 6.21. The number of carboxylic acid groups (broad SMARTS) is 1. The third kappa shape index (κ3) is 6.64. The maximum absolute atomic E-state index is 12.0. The lowest BCUT2D eigenvalue weighted by atomic mass is 10.1. The summed E-state index contributed by atoms with van der Waals surface area (Å²) in [6.07, 6.45) is 0. The normalized spacial score (nSPS) is 12.3. The van der Waals surface area contributed by atoms with Gasteiger partial charge in [0.2, 0.25) is 5.91 Å². The third-order valence-corrected chi connectivity index (χ3v) is 2.43. The van der Waals surface area contributed by atoms with Crippen LogP contribution in [0.25, 0.3) is 0 Å². The first-order valence-electron chi connectivity index (χ1n) is 6.21. The van der Waals surface area contributed by atoms with E-state index in [1.807, 2.05) is 13.8 Å². The topological polar surface area (TPSA) is 113 Å². The Bertz CT molecular complexity index is 342. The largest absolute Gasteiger partial charge is 0.480 e. The van der Waals surface area contributed by atoms with Crippen LogP contribution in [0.3, 0.4) is 0 Å². The lowest BCUT2D eigenvalue weighted by Gasteiger charge is -2.26. The number of rotatable bonds is 7. The molecule has 0 heterocycles. The number of urea groups is 1. The first-order chi connectivity index (χ1) is 8.65. The van der Waals surface area contributed by atoms with Crippen LogP contribution in [0.4, 0.5) is 4.79 Å². The number of primary amides is 1. The van der Waals surface area contributed by atoms with Crippen molar-refractivity contribution in [1.29, 1.82) is 0 Å². The van der Waals surface area contributed by atoms with Crippen molar-refractivity contribution < 1.29 is 19.5 Å². The van der Waals surface area contributed by atoms with Gasteiger partial charge in [-0.1, -0.05) is 27.7 Å². The second-order valence-corrected chi connectivity index (χ2v) is 5.25. The van der Waals surface area contributed by atoms with Crippen LogP contribution in [-0.4, -0.2) is 47.0 Å². The molecule has 110 valence electrons. The van der Waals surface area contributed by atoms with Gasteiger partial charge in [-0.2, -0.15) is 0 Å². The van der Waals surface area contributed by atoms with Gasteiger partial charge in [0, 0.05) is 6.54 Å². The highest BCUT2D eigenvalue weighted by molar-refractivity contribution is 5.86. The summed E-state index contributed by atoms with van der Waals surface area (Å²) in [6, 6.07) is -1.58. The molecule has 0 aromatic carbocycles. The second kappa shape index (κ2) is 7.60. The number of hydrogen-bond donors (Lipinski definition) is 3. The van der Waals surface area contributed by atoms with Gasteiger partial charge in [-0.25, -0.2) is 9.59 Å². The van der Waals surface area contributed by atoms with Gasteiger partial charge < -0.3 is 21.1 Å². The molecule has 0 spiro atoms. The maximum Gasteiger partial charge on any atom is 0.326 e. The molecule has 0 rings (SSSR count). The molecule has 4 N–H and O–H groups in total. The van der Waals surface area contributed by atoms with Gasteiger partial charge in [-0.3, -0.25) is 4.79 Å². The van der Waals surface area contributed by atoms with E-state index in [2.05, 4.69) is 5.32 Å². The molecule has 0 fully saturated rings. The molecule has 0 saturated heterocycles. The lowest BCUT2D eigenvalue weighted by Crippen LogP contribution is -2.52. The molecule has 3 amide bonds. The molecule has 7 heteroatoms. The summed E-state index contributed by atoms with van der Waals surface area (Å²) in [6.45, 7) is 7.27. The molecule has 0 aromatic heterocycles. The smallest absolute Gasteiger partial charge is 0.326 e. The zero-order chi connectivity index (χ0) is 15.2. The summed E-state index contributed by atoms with van der Waals surface area (Å²) in [5, 5.41) is 11.4. The number of carboxylic acids is 1. The number of hydrogen-bond acceptors (Lipinski definition) is 3. The summed E-state index contributed by atoms with van der Waals surface area (Å²) in [5.74, 6) is -1.84. The summed E-state index contributed by atoms with van der Waals surface area (Å²) < 4.78 is 0. The van der Waals surface area contributed by atoms with Crippen molar-refractivity contribution in [3.63, 3.8) is 0 Å². The van der Waals surface area contributed by atoms with Gasteiger partial charge in [0.1, 0.15) is 12.6 Å². The average molecular weight is 273 g/mol. The maximum atomic E-state index is 12.0. The van der Waals surface area contributed by atoms with Crippen molar-refractivity contribution in [1.82, 2.24) is 10.2 Å². The minimum atomic E-state index is -1.10. The fraction of sp³-hybridized carbons (Fsp3) is 0.750. The fourth-order valence-electron chi connectivity index (χ4n) is 1.59. The Labute approximate surface area is 113 Å². The van der Waals surface area contributed by atoms with E-state index in [-0.39, 0.29) is 18.4 Å². The first kappa shape index (κ1) is 17.2. The monoisotopic (exact) mass is 273 g/mol. The van der Waals surface area contributed by atoms with Gasteiger partial charge in [-0.15, -0.1) is 0 Å². The SMILES string of the molecule is CC(C)CN(CC(N)=O)C(=O)NC(C(=O)O)C(C)C. The molecule has 0 bridgehead atoms. The number of nitrogens with zero attached hydrogens (tertiary/aromatic N) is 1. The predicted molar refractivity (Wildman–Crippen MR) is 70.4 cm³/mol. The molecule has 0 saturated carbocycles. The molecular formula is C12H23N3O4. The molecule has 0 aliphatic rings. The van der Waals surface area contributed by atoms with Crippen molar-refractivity contribution in [2.45, 2.75) is 33.7 Å². The van der Waals surface area contributed by atoms with Gasteiger partial charge in [0.15, 0.2) is 0 Å². The highest BCUT2D eigenvalue weighted by Gasteiger charge is 2.26. The molecule has 0 aliphatic heterocycles. The van der Waals surface area contributed by atoms with Crippen molar-refractivity contribution >= 4 is 17.9 Å². The summed E-state index contributed by atoms with van der Waals surface area (Å²) in [5.41, 5.74) is 5.08. The highest BCUT2D eigenvalue weighted by atomic mass is 16.4. The molecule has 1 unspecified atom stereocenters. The van der Waals surface area contributed by atoms with Crippen LogP contribution in [0.15, 0.2) is 0 Å². The number of nitrogens with one attached hydrogen (secondary N) is 1. The van der Waals surface area contributed by atoms with Crippen LogP contribution in [-0.2, 0) is 9.59 Å². The minimum Gasteiger partial charge on any atom is -0.480 e. The zero-order valence-corrected chi connectivity index (χ0v) is 11.8. The third-order valence-electron chi connectivity index (χ3n) is 2.43. The molecule has 7 nitrogen and oxygen atoms in total. The molecule has 0 radical (unpaired) electrons. The number of amides is 3. The van der Waals surface area contributed by atoms with E-state index in [9.17, 15) is 14.4 Å². The van der Waals surface area contributed by atoms with Crippen LogP contribution >= 0.6 is 0 Å². The Hall–Kier alpha value is -1.79. The van der Waals surface area contributed by atoms with E-state index in [0.717, 1.165) is 0 Å². The number of carbonyl (C=O) groups excluding carboxylic acids is 2. The van der Waals surface area contributed by atoms with E-state index in [1.54, 1.807) is 13.8 Å². The van der Waals surface area contributed by atoms with Crippen LogP contribution in [0.1, 0.15) is 27.7 Å². The van der Waals surface area contributed by atoms with Crippen molar-refractivity contribution in [2.24, 2.45) is 17.6 Å². The van der Waals surface area contributed by atoms with Gasteiger partial charge in [0.05, 0.1) is 0 Å². The molecule has 0 aromatic rings. The fourth-order valence-corrected chi connectivity index (χ4v) is 1.59. The number of nitrogens with two attached hydrogens (primary N) is 1. The minimum absolute atomic E-state index is 0.146. The van der Waals surface area contributed by atoms with Crippen molar-refractivity contribution in [3.05, 3.63) is 0 Å². The van der Waals surface area contributed by atoms with E-state index in [4.69, 9.17) is 10.8 Å². The summed E-state index contributed by atoms with van der Waals surface area (Å²) in [7, 11) is 0. The highest BCUT2D eigenvalue weighted by Crippen LogP contribution is 2.05. The van der Waals surface area contributed by atoms with Crippen LogP contribution in [0.5, 0.6) is 0 Å². The Morgan fingerprint density at radius 1 is 1.21 bits per heavy atom. The Kier molecular flexibility index (Phi) is 6.89. The van der Waals surface area contributed by atoms with Crippen molar-refractivity contribution in [3.8, 4) is 0 Å². The van der Waals surface area contributed by atoms with Gasteiger partial charge >= 0.3 is 12.0 Å². The Morgan fingerprint density at radius 2 is 1.74 bits per heavy atom. The van der Waals surface area contributed by atoms with Gasteiger partial charge in [0.25, 0.3) is 0 Å². The van der Waals surface area contributed by atoms with Gasteiger partial charge in [-0.05, 0) is 11.8 Å². The number of carbonyl (C=O) groups is 3. The Morgan fingerprint density at radius 3 is 2.05 bits per heavy atom. The van der Waals surface area contributed by atoms with E-state index < -0.39 is 23.9 Å². The van der Waals surface area contributed by atoms with E-state index in [0.29, 0.717) is 6.54 Å². The Balaban J connectivity index is 4.78. The standard InChI is InChI=1S/C12H23N3O4/c1-7(2)5-15(6-9(13)16)12(19)14-10(8(3)4)11(17)18/h7-8,10H,5-6H2,1-4H3,(H2,13,16)(H,14,19)(H,17,18). The second-order valence-electron chi connectivity index (χ2n) is 5.25. The predicted octanol–water partition coefficient (Wildman–Crippen LogP) is 0.249. The molecule has 1 atom stereocenters. The van der Waals surface area contributed by atoms with E-state index in [1.165, 1.54) is 4.90 Å². The number of aliphatic carboxylic acids is 1. The van der Waals surface area contributed by atoms with Crippen LogP contribution < -0.4 is 11.1 Å². The molecule has 19 heavy (non-hydrogen) atoms. The lowest BCUT2D eigenvalue weighted by molar-refractivity contribution is -0.140. The molecule has 0 aliphatic carbocycles. The molecular weight excluding hydrogens is 250 g/mol. The quantitative estimate of drug-likeness (QED) is 0.617. The van der Waals surface area contributed by atoms with Crippen LogP contribution in [0, 0.1) is 11.8 Å².